The molecular weight excluding hydrogens is 393 g/mol. The summed E-state index contributed by atoms with van der Waals surface area (Å²) in [6, 6.07) is 13.7. The lowest BCUT2D eigenvalue weighted by Crippen LogP contribution is -2.47. The van der Waals surface area contributed by atoms with Gasteiger partial charge in [0.1, 0.15) is 5.75 Å². The second kappa shape index (κ2) is 6.35. The van der Waals surface area contributed by atoms with E-state index < -0.39 is 12.0 Å². The smallest absolute Gasteiger partial charge is 0.425 e. The van der Waals surface area contributed by atoms with Crippen LogP contribution in [0.4, 0.5) is 8.78 Å². The van der Waals surface area contributed by atoms with Crippen molar-refractivity contribution in [1.29, 1.82) is 0 Å². The van der Waals surface area contributed by atoms with Gasteiger partial charge in [-0.25, -0.2) is 5.84 Å². The molecule has 2 aromatic carbocycles. The molecular formula is C14H11F2IN2O2. The number of alkyl halides is 2. The van der Waals surface area contributed by atoms with Gasteiger partial charge in [-0.2, -0.15) is 8.78 Å². The number of carbonyl (C=O) groups is 1. The molecule has 0 atom stereocenters. The molecule has 0 spiro atoms. The van der Waals surface area contributed by atoms with E-state index in [1.54, 1.807) is 12.1 Å². The molecule has 0 fully saturated rings. The van der Waals surface area contributed by atoms with Crippen molar-refractivity contribution in [3.8, 4) is 16.9 Å². The topological polar surface area (TPSA) is 64.3 Å². The number of hydrazine groups is 1. The maximum Gasteiger partial charge on any atom is 0.483 e. The predicted octanol–water partition coefficient (Wildman–Crippen LogP) is 2.92. The summed E-state index contributed by atoms with van der Waals surface area (Å²) in [7, 11) is 0. The fourth-order valence-electron chi connectivity index (χ4n) is 1.64. The molecule has 0 unspecified atom stereocenters. The van der Waals surface area contributed by atoms with Gasteiger partial charge in [0.05, 0.1) is 0 Å². The number of rotatable bonds is 4. The minimum Gasteiger partial charge on any atom is -0.425 e. The number of ether oxygens (including phenoxy) is 1. The van der Waals surface area contributed by atoms with Gasteiger partial charge >= 0.3 is 12.0 Å². The molecule has 0 aliphatic rings. The molecule has 3 N–H and O–H groups in total. The Bertz CT molecular complexity index is 630. The number of benzene rings is 2. The first-order chi connectivity index (χ1) is 9.92. The highest BCUT2D eigenvalue weighted by molar-refractivity contribution is 14.1. The molecule has 1 amide bonds. The molecule has 7 heteroatoms. The number of amides is 1. The second-order valence-electron chi connectivity index (χ2n) is 4.12. The van der Waals surface area contributed by atoms with Crippen LogP contribution in [0.1, 0.15) is 0 Å². The van der Waals surface area contributed by atoms with Crippen molar-refractivity contribution >= 4 is 28.5 Å². The van der Waals surface area contributed by atoms with Crippen molar-refractivity contribution in [2.75, 3.05) is 0 Å². The van der Waals surface area contributed by atoms with Crippen molar-refractivity contribution in [2.45, 2.75) is 6.11 Å². The summed E-state index contributed by atoms with van der Waals surface area (Å²) in [4.78, 5) is 10.8. The summed E-state index contributed by atoms with van der Waals surface area (Å²) in [5.41, 5.74) is 3.16. The molecule has 0 radical (unpaired) electrons. The number of nitrogens with one attached hydrogen (secondary N) is 1. The quantitative estimate of drug-likeness (QED) is 0.357. The predicted molar refractivity (Wildman–Crippen MR) is 82.5 cm³/mol. The van der Waals surface area contributed by atoms with Gasteiger partial charge in [0.2, 0.25) is 0 Å². The van der Waals surface area contributed by atoms with Crippen LogP contribution >= 0.6 is 22.6 Å². The Balaban J connectivity index is 2.16. The summed E-state index contributed by atoms with van der Waals surface area (Å²) in [6.07, 6.45) is -4.01. The molecule has 2 rings (SSSR count). The zero-order chi connectivity index (χ0) is 15.5. The van der Waals surface area contributed by atoms with Gasteiger partial charge in [-0.05, 0) is 58.0 Å². The van der Waals surface area contributed by atoms with Crippen LogP contribution < -0.4 is 16.0 Å². The standard InChI is InChI=1S/C14H11F2IN2O2/c15-14(16,13(20)19-18)21-12-7-3-10(4-8-12)9-1-5-11(17)6-2-9/h1-8H,18H2,(H,19,20). The maximum absolute atomic E-state index is 13.3. The van der Waals surface area contributed by atoms with Gasteiger partial charge in [0.15, 0.2) is 0 Å². The number of halogens is 3. The van der Waals surface area contributed by atoms with Crippen LogP contribution in [0.2, 0.25) is 0 Å². The fourth-order valence-corrected chi connectivity index (χ4v) is 2.00. The first kappa shape index (κ1) is 15.6. The van der Waals surface area contributed by atoms with Gasteiger partial charge in [0.25, 0.3) is 0 Å². The third-order valence-corrected chi connectivity index (χ3v) is 3.39. The molecule has 0 saturated carbocycles. The number of carbonyl (C=O) groups excluding carboxylic acids is 1. The van der Waals surface area contributed by atoms with Crippen LogP contribution in [0.3, 0.4) is 0 Å². The third kappa shape index (κ3) is 3.88. The highest BCUT2D eigenvalue weighted by Crippen LogP contribution is 2.26. The SMILES string of the molecule is NNC(=O)C(F)(F)Oc1ccc(-c2ccc(I)cc2)cc1. The fraction of sp³-hybridized carbons (Fsp3) is 0.0714. The Labute approximate surface area is 133 Å². The Hall–Kier alpha value is -1.74. The lowest BCUT2D eigenvalue weighted by atomic mass is 10.1. The van der Waals surface area contributed by atoms with Crippen LogP contribution in [0.25, 0.3) is 11.1 Å². The zero-order valence-corrected chi connectivity index (χ0v) is 12.8. The van der Waals surface area contributed by atoms with Crippen molar-refractivity contribution < 1.29 is 18.3 Å². The Morgan fingerprint density at radius 3 is 2.00 bits per heavy atom. The summed E-state index contributed by atoms with van der Waals surface area (Å²) >= 11 is 2.19. The Morgan fingerprint density at radius 1 is 1.05 bits per heavy atom. The van der Waals surface area contributed by atoms with Crippen molar-refractivity contribution in [2.24, 2.45) is 5.84 Å². The molecule has 110 valence electrons. The van der Waals surface area contributed by atoms with Gasteiger partial charge in [0, 0.05) is 3.57 Å². The van der Waals surface area contributed by atoms with E-state index in [2.05, 4.69) is 33.2 Å². The van der Waals surface area contributed by atoms with E-state index >= 15 is 0 Å². The molecule has 0 saturated heterocycles. The van der Waals surface area contributed by atoms with Crippen LogP contribution in [-0.4, -0.2) is 12.0 Å². The van der Waals surface area contributed by atoms with E-state index in [1.807, 2.05) is 24.3 Å². The summed E-state index contributed by atoms with van der Waals surface area (Å²) in [5.74, 6) is 2.83. The summed E-state index contributed by atoms with van der Waals surface area (Å²) in [5, 5.41) is 0. The van der Waals surface area contributed by atoms with Gasteiger partial charge in [-0.3, -0.25) is 10.2 Å². The average Bonchev–Trinajstić information content (AvgIpc) is 2.47. The van der Waals surface area contributed by atoms with E-state index in [4.69, 9.17) is 0 Å². The van der Waals surface area contributed by atoms with Crippen LogP contribution in [0.5, 0.6) is 5.75 Å². The molecule has 0 aliphatic carbocycles. The van der Waals surface area contributed by atoms with E-state index in [9.17, 15) is 13.6 Å². The summed E-state index contributed by atoms with van der Waals surface area (Å²) in [6.45, 7) is 0. The molecule has 0 aromatic heterocycles. The van der Waals surface area contributed by atoms with Crippen LogP contribution in [0.15, 0.2) is 48.5 Å². The van der Waals surface area contributed by atoms with E-state index in [0.29, 0.717) is 0 Å². The minimum absolute atomic E-state index is 0.127. The zero-order valence-electron chi connectivity index (χ0n) is 10.6. The average molecular weight is 404 g/mol. The summed E-state index contributed by atoms with van der Waals surface area (Å²) < 4.78 is 32.0. The monoisotopic (exact) mass is 404 g/mol. The number of hydrogen-bond donors (Lipinski definition) is 2. The highest BCUT2D eigenvalue weighted by Gasteiger charge is 2.41. The normalized spacial score (nSPS) is 11.0. The van der Waals surface area contributed by atoms with Gasteiger partial charge in [-0.15, -0.1) is 0 Å². The van der Waals surface area contributed by atoms with Crippen molar-refractivity contribution in [1.82, 2.24) is 5.43 Å². The highest BCUT2D eigenvalue weighted by atomic mass is 127. The Morgan fingerprint density at radius 2 is 1.52 bits per heavy atom. The molecule has 4 nitrogen and oxygen atoms in total. The minimum atomic E-state index is -4.01. The van der Waals surface area contributed by atoms with Crippen LogP contribution in [-0.2, 0) is 4.79 Å². The largest absolute Gasteiger partial charge is 0.483 e. The molecule has 0 heterocycles. The van der Waals surface area contributed by atoms with Crippen molar-refractivity contribution in [3.63, 3.8) is 0 Å². The third-order valence-electron chi connectivity index (χ3n) is 2.67. The lowest BCUT2D eigenvalue weighted by Gasteiger charge is -2.15. The molecule has 0 aliphatic heterocycles. The van der Waals surface area contributed by atoms with Crippen LogP contribution in [0, 0.1) is 3.57 Å². The molecule has 2 aromatic rings. The maximum atomic E-state index is 13.3. The lowest BCUT2D eigenvalue weighted by molar-refractivity contribution is -0.192. The van der Waals surface area contributed by atoms with Gasteiger partial charge in [-0.1, -0.05) is 24.3 Å². The second-order valence-corrected chi connectivity index (χ2v) is 5.37. The van der Waals surface area contributed by atoms with E-state index in [0.717, 1.165) is 14.7 Å². The van der Waals surface area contributed by atoms with Crippen molar-refractivity contribution in [3.05, 3.63) is 52.1 Å². The molecule has 0 bridgehead atoms. The van der Waals surface area contributed by atoms with E-state index in [-0.39, 0.29) is 5.75 Å². The number of nitrogens with two attached hydrogens (primary N) is 1. The first-order valence-corrected chi connectivity index (χ1v) is 6.94. The molecule has 21 heavy (non-hydrogen) atoms. The van der Waals surface area contributed by atoms with E-state index in [1.165, 1.54) is 17.6 Å². The number of hydrogen-bond acceptors (Lipinski definition) is 3. The Kier molecular flexibility index (Phi) is 4.73. The first-order valence-electron chi connectivity index (χ1n) is 5.86. The van der Waals surface area contributed by atoms with Gasteiger partial charge < -0.3 is 4.74 Å².